The van der Waals surface area contributed by atoms with Crippen molar-refractivity contribution in [2.24, 2.45) is 5.84 Å². The van der Waals surface area contributed by atoms with Gasteiger partial charge in [0, 0.05) is 19.2 Å². The molecule has 0 unspecified atom stereocenters. The summed E-state index contributed by atoms with van der Waals surface area (Å²) in [5.74, 6) is 5.69. The van der Waals surface area contributed by atoms with Crippen molar-refractivity contribution in [2.75, 3.05) is 23.4 Å². The predicted molar refractivity (Wildman–Crippen MR) is 81.0 cm³/mol. The van der Waals surface area contributed by atoms with Crippen molar-refractivity contribution < 1.29 is 0 Å². The lowest BCUT2D eigenvalue weighted by Gasteiger charge is -2.20. The van der Waals surface area contributed by atoms with Crippen LogP contribution in [0.4, 0.5) is 11.5 Å². The number of aromatic nitrogens is 4. The van der Waals surface area contributed by atoms with E-state index in [1.807, 2.05) is 13.8 Å². The molecule has 21 heavy (non-hydrogen) atoms. The summed E-state index contributed by atoms with van der Waals surface area (Å²) in [6.45, 7) is 6.02. The first kappa shape index (κ1) is 14.9. The summed E-state index contributed by atoms with van der Waals surface area (Å²) in [6.07, 6.45) is 4.75. The molecule has 0 aliphatic heterocycles. The molecule has 2 aromatic rings. The fraction of sp³-hybridized carbons (Fsp3) is 0.385. The lowest BCUT2D eigenvalue weighted by Crippen LogP contribution is -2.28. The van der Waals surface area contributed by atoms with E-state index in [1.165, 1.54) is 10.9 Å². The van der Waals surface area contributed by atoms with Gasteiger partial charge in [0.1, 0.15) is 0 Å². The van der Waals surface area contributed by atoms with Gasteiger partial charge in [-0.3, -0.25) is 9.78 Å². The number of nitrogens with one attached hydrogen (secondary N) is 1. The largest absolute Gasteiger partial charge is 0.371 e. The number of hydrogen-bond acceptors (Lipinski definition) is 7. The summed E-state index contributed by atoms with van der Waals surface area (Å²) in [5.41, 5.74) is 3.70. The molecule has 8 nitrogen and oxygen atoms in total. The maximum atomic E-state index is 12.1. The Morgan fingerprint density at radius 3 is 2.52 bits per heavy atom. The lowest BCUT2D eigenvalue weighted by atomic mass is 10.3. The molecule has 2 heterocycles. The molecule has 0 radical (unpaired) electrons. The molecule has 0 aliphatic rings. The molecular formula is C13H19N7O. The molecule has 0 bridgehead atoms. The van der Waals surface area contributed by atoms with Crippen LogP contribution in [-0.2, 0) is 6.54 Å². The van der Waals surface area contributed by atoms with Crippen molar-refractivity contribution in [3.05, 3.63) is 40.7 Å². The van der Waals surface area contributed by atoms with Crippen LogP contribution < -0.4 is 21.7 Å². The fourth-order valence-electron chi connectivity index (χ4n) is 1.97. The summed E-state index contributed by atoms with van der Waals surface area (Å²) in [6, 6.07) is 1.59. The van der Waals surface area contributed by atoms with E-state index in [1.54, 1.807) is 18.5 Å². The molecule has 2 aromatic heterocycles. The van der Waals surface area contributed by atoms with Crippen LogP contribution in [0.5, 0.6) is 0 Å². The van der Waals surface area contributed by atoms with Gasteiger partial charge < -0.3 is 10.3 Å². The number of anilines is 2. The maximum Gasteiger partial charge on any atom is 0.269 e. The average molecular weight is 289 g/mol. The van der Waals surface area contributed by atoms with Gasteiger partial charge in [0.25, 0.3) is 5.56 Å². The molecule has 2 rings (SSSR count). The van der Waals surface area contributed by atoms with Gasteiger partial charge >= 0.3 is 0 Å². The van der Waals surface area contributed by atoms with Gasteiger partial charge in [-0.25, -0.2) is 15.5 Å². The van der Waals surface area contributed by atoms with Crippen molar-refractivity contribution in [1.29, 1.82) is 0 Å². The van der Waals surface area contributed by atoms with Crippen LogP contribution in [-0.4, -0.2) is 32.8 Å². The zero-order valence-corrected chi connectivity index (χ0v) is 12.2. The first-order valence-electron chi connectivity index (χ1n) is 6.77. The van der Waals surface area contributed by atoms with Gasteiger partial charge in [0.2, 0.25) is 0 Å². The third-order valence-corrected chi connectivity index (χ3v) is 3.15. The van der Waals surface area contributed by atoms with Gasteiger partial charge in [0.05, 0.1) is 36.5 Å². The Morgan fingerprint density at radius 2 is 2.00 bits per heavy atom. The minimum Gasteiger partial charge on any atom is -0.371 e. The van der Waals surface area contributed by atoms with E-state index in [-0.39, 0.29) is 12.1 Å². The lowest BCUT2D eigenvalue weighted by molar-refractivity contribution is 0.623. The average Bonchev–Trinajstić information content (AvgIpc) is 2.52. The van der Waals surface area contributed by atoms with Crippen molar-refractivity contribution in [2.45, 2.75) is 20.4 Å². The molecule has 112 valence electrons. The molecule has 0 spiro atoms. The van der Waals surface area contributed by atoms with Crippen LogP contribution in [0.25, 0.3) is 0 Å². The molecule has 0 amide bonds. The van der Waals surface area contributed by atoms with Gasteiger partial charge in [-0.05, 0) is 13.8 Å². The first-order valence-corrected chi connectivity index (χ1v) is 6.77. The highest BCUT2D eigenvalue weighted by molar-refractivity contribution is 5.42. The second-order valence-corrected chi connectivity index (χ2v) is 4.42. The Labute approximate surface area is 122 Å². The number of nitrogens with two attached hydrogens (primary N) is 1. The van der Waals surface area contributed by atoms with Crippen LogP contribution in [0.2, 0.25) is 0 Å². The number of hydrazine groups is 1. The van der Waals surface area contributed by atoms with E-state index in [2.05, 4.69) is 25.4 Å². The van der Waals surface area contributed by atoms with Crippen molar-refractivity contribution in [1.82, 2.24) is 19.7 Å². The minimum atomic E-state index is -0.165. The zero-order valence-electron chi connectivity index (χ0n) is 12.2. The summed E-state index contributed by atoms with van der Waals surface area (Å²) >= 11 is 0. The SMILES string of the molecule is CCN(CC)c1cnn(Cc2cnc(NN)cn2)c(=O)c1. The third-order valence-electron chi connectivity index (χ3n) is 3.15. The maximum absolute atomic E-state index is 12.1. The van der Waals surface area contributed by atoms with Crippen LogP contribution in [0, 0.1) is 0 Å². The standard InChI is InChI=1S/C13H19N7O/c1-3-19(4-2)11-5-13(21)20(17-7-11)9-10-6-16-12(18-14)8-15-10/h5-8H,3-4,9,14H2,1-2H3,(H,16,18). The van der Waals surface area contributed by atoms with Gasteiger partial charge in [-0.1, -0.05) is 0 Å². The van der Waals surface area contributed by atoms with E-state index in [0.717, 1.165) is 18.8 Å². The third kappa shape index (κ3) is 3.54. The summed E-state index contributed by atoms with van der Waals surface area (Å²) in [7, 11) is 0. The number of nitrogen functional groups attached to an aromatic ring is 1. The Morgan fingerprint density at radius 1 is 1.24 bits per heavy atom. The molecule has 0 saturated carbocycles. The Balaban J connectivity index is 2.19. The molecule has 0 aliphatic carbocycles. The van der Waals surface area contributed by atoms with Crippen LogP contribution in [0.3, 0.4) is 0 Å². The van der Waals surface area contributed by atoms with Crippen molar-refractivity contribution in [3.63, 3.8) is 0 Å². The van der Waals surface area contributed by atoms with E-state index < -0.39 is 0 Å². The van der Waals surface area contributed by atoms with E-state index in [4.69, 9.17) is 5.84 Å². The molecular weight excluding hydrogens is 270 g/mol. The van der Waals surface area contributed by atoms with E-state index in [0.29, 0.717) is 11.5 Å². The Kier molecular flexibility index (Phi) is 4.83. The zero-order chi connectivity index (χ0) is 15.2. The molecule has 0 aromatic carbocycles. The normalized spacial score (nSPS) is 10.4. The Bertz CT molecular complexity index is 634. The quantitative estimate of drug-likeness (QED) is 0.579. The van der Waals surface area contributed by atoms with Crippen LogP contribution in [0.1, 0.15) is 19.5 Å². The summed E-state index contributed by atoms with van der Waals surface area (Å²) in [5, 5.41) is 4.19. The van der Waals surface area contributed by atoms with Gasteiger partial charge in [-0.15, -0.1) is 0 Å². The topological polar surface area (TPSA) is 102 Å². The van der Waals surface area contributed by atoms with Crippen LogP contribution >= 0.6 is 0 Å². The second kappa shape index (κ2) is 6.80. The van der Waals surface area contributed by atoms with Crippen LogP contribution in [0.15, 0.2) is 29.5 Å². The highest BCUT2D eigenvalue weighted by Crippen LogP contribution is 2.08. The summed E-state index contributed by atoms with van der Waals surface area (Å²) in [4.78, 5) is 22.4. The number of nitrogens with zero attached hydrogens (tertiary/aromatic N) is 5. The molecule has 0 atom stereocenters. The van der Waals surface area contributed by atoms with Crippen molar-refractivity contribution >= 4 is 11.5 Å². The van der Waals surface area contributed by atoms with Gasteiger partial charge in [-0.2, -0.15) is 5.10 Å². The smallest absolute Gasteiger partial charge is 0.269 e. The highest BCUT2D eigenvalue weighted by Gasteiger charge is 2.06. The Hall–Kier alpha value is -2.48. The monoisotopic (exact) mass is 289 g/mol. The first-order chi connectivity index (χ1) is 10.2. The molecule has 0 fully saturated rings. The predicted octanol–water partition coefficient (Wildman–Crippen LogP) is 0.213. The number of rotatable bonds is 6. The minimum absolute atomic E-state index is 0.165. The fourth-order valence-corrected chi connectivity index (χ4v) is 1.97. The van der Waals surface area contributed by atoms with E-state index in [9.17, 15) is 4.79 Å². The van der Waals surface area contributed by atoms with Crippen molar-refractivity contribution in [3.8, 4) is 0 Å². The number of hydrogen-bond donors (Lipinski definition) is 2. The second-order valence-electron chi connectivity index (χ2n) is 4.42. The highest BCUT2D eigenvalue weighted by atomic mass is 16.1. The van der Waals surface area contributed by atoms with Gasteiger partial charge in [0.15, 0.2) is 5.82 Å². The van der Waals surface area contributed by atoms with E-state index >= 15 is 0 Å². The molecule has 0 saturated heterocycles. The molecule has 8 heteroatoms. The molecule has 3 N–H and O–H groups in total. The summed E-state index contributed by atoms with van der Waals surface area (Å²) < 4.78 is 1.35.